The average Bonchev–Trinajstić information content (AvgIpc) is 2.97. The van der Waals surface area contributed by atoms with E-state index in [0.29, 0.717) is 26.2 Å². The van der Waals surface area contributed by atoms with Crippen molar-refractivity contribution in [3.05, 3.63) is 47.3 Å². The zero-order valence-corrected chi connectivity index (χ0v) is 13.9. The van der Waals surface area contributed by atoms with Crippen LogP contribution >= 0.6 is 0 Å². The number of ether oxygens (including phenoxy) is 1. The SMILES string of the molecule is O=S(=O)(NCCn1ncc2c1CCOC2)c1ccc(C(F)(F)F)cc1. The minimum absolute atomic E-state index is 0.0817. The van der Waals surface area contributed by atoms with Gasteiger partial charge in [0.2, 0.25) is 10.0 Å². The van der Waals surface area contributed by atoms with Crippen LogP contribution in [-0.4, -0.2) is 31.3 Å². The van der Waals surface area contributed by atoms with Crippen LogP contribution in [0.3, 0.4) is 0 Å². The van der Waals surface area contributed by atoms with E-state index < -0.39 is 21.8 Å². The molecule has 1 aliphatic heterocycles. The van der Waals surface area contributed by atoms with Crippen LogP contribution in [0.1, 0.15) is 16.8 Å². The van der Waals surface area contributed by atoms with Gasteiger partial charge in [-0.05, 0) is 24.3 Å². The van der Waals surface area contributed by atoms with Crippen LogP contribution in [-0.2, 0) is 40.5 Å². The molecule has 0 radical (unpaired) electrons. The van der Waals surface area contributed by atoms with Crippen molar-refractivity contribution in [2.75, 3.05) is 13.2 Å². The fraction of sp³-hybridized carbons (Fsp3) is 0.400. The molecule has 1 aromatic carbocycles. The fourth-order valence-electron chi connectivity index (χ4n) is 2.60. The van der Waals surface area contributed by atoms with Crippen molar-refractivity contribution in [1.82, 2.24) is 14.5 Å². The first kappa shape index (κ1) is 17.9. The summed E-state index contributed by atoms with van der Waals surface area (Å²) >= 11 is 0. The number of hydrogen-bond acceptors (Lipinski definition) is 4. The highest BCUT2D eigenvalue weighted by atomic mass is 32.2. The normalized spacial score (nSPS) is 15.2. The summed E-state index contributed by atoms with van der Waals surface area (Å²) in [5.41, 5.74) is 1.11. The number of benzene rings is 1. The molecular formula is C15H16F3N3O3S. The van der Waals surface area contributed by atoms with E-state index in [2.05, 4.69) is 9.82 Å². The van der Waals surface area contributed by atoms with Gasteiger partial charge in [0, 0.05) is 24.2 Å². The van der Waals surface area contributed by atoms with E-state index in [0.717, 1.165) is 35.5 Å². The Kier molecular flexibility index (Phi) is 4.85. The zero-order valence-electron chi connectivity index (χ0n) is 13.1. The van der Waals surface area contributed by atoms with Gasteiger partial charge in [0.15, 0.2) is 0 Å². The highest BCUT2D eigenvalue weighted by Gasteiger charge is 2.30. The molecule has 0 bridgehead atoms. The third kappa shape index (κ3) is 4.02. The van der Waals surface area contributed by atoms with Gasteiger partial charge in [0.05, 0.1) is 36.4 Å². The number of rotatable bonds is 5. The van der Waals surface area contributed by atoms with Crippen molar-refractivity contribution >= 4 is 10.0 Å². The van der Waals surface area contributed by atoms with E-state index in [4.69, 9.17) is 4.74 Å². The third-order valence-corrected chi connectivity index (χ3v) is 5.36. The van der Waals surface area contributed by atoms with Crippen molar-refractivity contribution in [3.8, 4) is 0 Å². The lowest BCUT2D eigenvalue weighted by Gasteiger charge is -2.15. The molecule has 1 aromatic heterocycles. The van der Waals surface area contributed by atoms with Gasteiger partial charge in [-0.15, -0.1) is 0 Å². The second kappa shape index (κ2) is 6.77. The zero-order chi connectivity index (χ0) is 18.1. The first-order valence-corrected chi connectivity index (χ1v) is 9.04. The van der Waals surface area contributed by atoms with Gasteiger partial charge in [0.1, 0.15) is 0 Å². The summed E-state index contributed by atoms with van der Waals surface area (Å²) in [4.78, 5) is -0.212. The molecule has 1 aliphatic rings. The summed E-state index contributed by atoms with van der Waals surface area (Å²) in [5, 5.41) is 4.21. The maximum absolute atomic E-state index is 12.5. The van der Waals surface area contributed by atoms with Crippen LogP contribution < -0.4 is 4.72 Å². The molecule has 0 aliphatic carbocycles. The van der Waals surface area contributed by atoms with Crippen LogP contribution in [0, 0.1) is 0 Å². The maximum Gasteiger partial charge on any atom is 0.416 e. The number of aromatic nitrogens is 2. The molecule has 0 atom stereocenters. The van der Waals surface area contributed by atoms with Crippen molar-refractivity contribution in [2.45, 2.75) is 30.6 Å². The monoisotopic (exact) mass is 375 g/mol. The number of halogens is 3. The van der Waals surface area contributed by atoms with E-state index in [9.17, 15) is 21.6 Å². The molecular weight excluding hydrogens is 359 g/mol. The van der Waals surface area contributed by atoms with E-state index >= 15 is 0 Å². The van der Waals surface area contributed by atoms with Gasteiger partial charge < -0.3 is 4.74 Å². The molecule has 0 unspecified atom stereocenters. The van der Waals surface area contributed by atoms with Crippen molar-refractivity contribution in [3.63, 3.8) is 0 Å². The quantitative estimate of drug-likeness (QED) is 0.867. The molecule has 2 aromatic rings. The fourth-order valence-corrected chi connectivity index (χ4v) is 3.62. The average molecular weight is 375 g/mol. The van der Waals surface area contributed by atoms with E-state index in [1.807, 2.05) is 0 Å². The lowest BCUT2D eigenvalue weighted by Crippen LogP contribution is -2.28. The summed E-state index contributed by atoms with van der Waals surface area (Å²) < 4.78 is 71.3. The van der Waals surface area contributed by atoms with Crippen LogP contribution in [0.5, 0.6) is 0 Å². The Bertz CT molecular complexity index is 845. The predicted octanol–water partition coefficient (Wildman–Crippen LogP) is 1.95. The van der Waals surface area contributed by atoms with Gasteiger partial charge >= 0.3 is 6.18 Å². The number of nitrogens with zero attached hydrogens (tertiary/aromatic N) is 2. The van der Waals surface area contributed by atoms with Crippen molar-refractivity contribution in [1.29, 1.82) is 0 Å². The Morgan fingerprint density at radius 3 is 2.64 bits per heavy atom. The standard InChI is InChI=1S/C15H16F3N3O3S/c16-15(17,18)12-1-3-13(4-2-12)25(22,23)20-6-7-21-14-5-8-24-10-11(14)9-19-21/h1-4,9,20H,5-8,10H2. The lowest BCUT2D eigenvalue weighted by atomic mass is 10.2. The summed E-state index contributed by atoms with van der Waals surface area (Å²) in [5.74, 6) is 0. The van der Waals surface area contributed by atoms with E-state index in [1.54, 1.807) is 10.9 Å². The van der Waals surface area contributed by atoms with Gasteiger partial charge in [-0.3, -0.25) is 4.68 Å². The van der Waals surface area contributed by atoms with Crippen molar-refractivity contribution in [2.24, 2.45) is 0 Å². The molecule has 0 fully saturated rings. The van der Waals surface area contributed by atoms with E-state index in [1.165, 1.54) is 0 Å². The molecule has 6 nitrogen and oxygen atoms in total. The van der Waals surface area contributed by atoms with Gasteiger partial charge in [-0.25, -0.2) is 13.1 Å². The molecule has 136 valence electrons. The molecule has 0 spiro atoms. The van der Waals surface area contributed by atoms with Crippen LogP contribution in [0.15, 0.2) is 35.4 Å². The summed E-state index contributed by atoms with van der Waals surface area (Å²) in [6.07, 6.45) is -2.10. The number of sulfonamides is 1. The van der Waals surface area contributed by atoms with Gasteiger partial charge in [-0.2, -0.15) is 18.3 Å². The largest absolute Gasteiger partial charge is 0.416 e. The summed E-state index contributed by atoms with van der Waals surface area (Å²) in [6, 6.07) is 3.38. The van der Waals surface area contributed by atoms with Gasteiger partial charge in [-0.1, -0.05) is 0 Å². The van der Waals surface area contributed by atoms with Crippen LogP contribution in [0.2, 0.25) is 0 Å². The van der Waals surface area contributed by atoms with E-state index in [-0.39, 0.29) is 11.4 Å². The number of nitrogens with one attached hydrogen (secondary N) is 1. The summed E-state index contributed by atoms with van der Waals surface area (Å²) in [6.45, 7) is 1.50. The Hall–Kier alpha value is -1.91. The highest BCUT2D eigenvalue weighted by molar-refractivity contribution is 7.89. The molecule has 0 amide bonds. The Morgan fingerprint density at radius 2 is 1.96 bits per heavy atom. The van der Waals surface area contributed by atoms with Crippen LogP contribution in [0.4, 0.5) is 13.2 Å². The molecule has 25 heavy (non-hydrogen) atoms. The number of hydrogen-bond donors (Lipinski definition) is 1. The molecule has 1 N–H and O–H groups in total. The third-order valence-electron chi connectivity index (χ3n) is 3.88. The predicted molar refractivity (Wildman–Crippen MR) is 82.2 cm³/mol. The maximum atomic E-state index is 12.5. The molecule has 2 heterocycles. The molecule has 10 heteroatoms. The first-order chi connectivity index (χ1) is 11.8. The molecule has 0 saturated carbocycles. The number of alkyl halides is 3. The molecule has 0 saturated heterocycles. The lowest BCUT2D eigenvalue weighted by molar-refractivity contribution is -0.137. The van der Waals surface area contributed by atoms with Crippen LogP contribution in [0.25, 0.3) is 0 Å². The van der Waals surface area contributed by atoms with Crippen molar-refractivity contribution < 1.29 is 26.3 Å². The second-order valence-electron chi connectivity index (χ2n) is 5.56. The highest BCUT2D eigenvalue weighted by Crippen LogP contribution is 2.29. The Balaban J connectivity index is 1.63. The Labute approximate surface area is 142 Å². The second-order valence-corrected chi connectivity index (χ2v) is 7.33. The smallest absolute Gasteiger partial charge is 0.376 e. The molecule has 3 rings (SSSR count). The minimum atomic E-state index is -4.50. The Morgan fingerprint density at radius 1 is 1.24 bits per heavy atom. The minimum Gasteiger partial charge on any atom is -0.376 e. The summed E-state index contributed by atoms with van der Waals surface area (Å²) in [7, 11) is -3.88. The van der Waals surface area contributed by atoms with Gasteiger partial charge in [0.25, 0.3) is 0 Å². The first-order valence-electron chi connectivity index (χ1n) is 7.55. The topological polar surface area (TPSA) is 73.2 Å². The number of fused-ring (bicyclic) bond motifs is 1.